The first kappa shape index (κ1) is 27.6. The normalized spacial score (nSPS) is 13.1. The van der Waals surface area contributed by atoms with Crippen LogP contribution in [-0.4, -0.2) is 50.0 Å². The molecule has 0 unspecified atom stereocenters. The molecule has 0 bridgehead atoms. The Bertz CT molecular complexity index is 1100. The van der Waals surface area contributed by atoms with Gasteiger partial charge in [-0.1, -0.05) is 55.8 Å². The van der Waals surface area contributed by atoms with E-state index >= 15 is 0 Å². The van der Waals surface area contributed by atoms with Gasteiger partial charge in [0.2, 0.25) is 21.8 Å². The highest BCUT2D eigenvalue weighted by Gasteiger charge is 2.32. The molecule has 10 heteroatoms. The minimum atomic E-state index is -3.92. The Morgan fingerprint density at radius 1 is 1.09 bits per heavy atom. The van der Waals surface area contributed by atoms with Crippen molar-refractivity contribution in [3.05, 3.63) is 64.9 Å². The molecule has 2 amide bonds. The molecule has 1 N–H and O–H groups in total. The Morgan fingerprint density at radius 2 is 1.74 bits per heavy atom. The minimum absolute atomic E-state index is 0.0546. The van der Waals surface area contributed by atoms with Crippen molar-refractivity contribution in [2.24, 2.45) is 0 Å². The second-order valence-corrected chi connectivity index (χ2v) is 10.4. The summed E-state index contributed by atoms with van der Waals surface area (Å²) in [5, 5.41) is 2.64. The number of hydrogen-bond donors (Lipinski definition) is 1. The molecule has 0 aliphatic carbocycles. The van der Waals surface area contributed by atoms with E-state index in [0.29, 0.717) is 6.42 Å². The van der Waals surface area contributed by atoms with E-state index in [-0.39, 0.29) is 29.2 Å². The van der Waals surface area contributed by atoms with Gasteiger partial charge in [-0.05, 0) is 43.5 Å². The van der Waals surface area contributed by atoms with Crippen LogP contribution in [0.15, 0.2) is 48.5 Å². The summed E-state index contributed by atoms with van der Waals surface area (Å²) in [6, 6.07) is 11.7. The quantitative estimate of drug-likeness (QED) is 0.494. The number of rotatable bonds is 11. The van der Waals surface area contributed by atoms with Crippen molar-refractivity contribution < 1.29 is 22.4 Å². The molecule has 2 aromatic rings. The van der Waals surface area contributed by atoms with Crippen LogP contribution in [0.4, 0.5) is 10.1 Å². The molecule has 2 atom stereocenters. The van der Waals surface area contributed by atoms with E-state index in [2.05, 4.69) is 5.32 Å². The summed E-state index contributed by atoms with van der Waals surface area (Å²) >= 11 is 5.85. The Labute approximate surface area is 205 Å². The van der Waals surface area contributed by atoms with Crippen LogP contribution in [0.5, 0.6) is 0 Å². The third-order valence-corrected chi connectivity index (χ3v) is 6.88. The molecule has 2 rings (SSSR count). The van der Waals surface area contributed by atoms with Crippen molar-refractivity contribution in [3.63, 3.8) is 0 Å². The number of carbonyl (C=O) groups is 2. The maximum atomic E-state index is 13.6. The van der Waals surface area contributed by atoms with Crippen molar-refractivity contribution in [3.8, 4) is 0 Å². The predicted octanol–water partition coefficient (Wildman–Crippen LogP) is 3.97. The molecule has 0 saturated carbocycles. The van der Waals surface area contributed by atoms with Gasteiger partial charge in [-0.25, -0.2) is 12.8 Å². The highest BCUT2D eigenvalue weighted by molar-refractivity contribution is 7.92. The monoisotopic (exact) mass is 511 g/mol. The van der Waals surface area contributed by atoms with Crippen LogP contribution in [0.1, 0.15) is 39.2 Å². The molecule has 0 radical (unpaired) electrons. The molecule has 0 aliphatic rings. The van der Waals surface area contributed by atoms with Gasteiger partial charge in [0, 0.05) is 12.6 Å². The molecule has 0 fully saturated rings. The highest BCUT2D eigenvalue weighted by Crippen LogP contribution is 2.25. The summed E-state index contributed by atoms with van der Waals surface area (Å²) in [6.45, 7) is 5.16. The average Bonchev–Trinajstić information content (AvgIpc) is 2.78. The fourth-order valence-electron chi connectivity index (χ4n) is 3.39. The first-order valence-corrected chi connectivity index (χ1v) is 13.3. The minimum Gasteiger partial charge on any atom is -0.352 e. The van der Waals surface area contributed by atoms with Gasteiger partial charge in [0.1, 0.15) is 18.4 Å². The van der Waals surface area contributed by atoms with E-state index in [1.54, 1.807) is 6.92 Å². The van der Waals surface area contributed by atoms with Gasteiger partial charge in [0.15, 0.2) is 0 Å². The Morgan fingerprint density at radius 3 is 2.26 bits per heavy atom. The molecule has 2 aromatic carbocycles. The third-order valence-electron chi connectivity index (χ3n) is 5.45. The lowest BCUT2D eigenvalue weighted by Crippen LogP contribution is -2.53. The van der Waals surface area contributed by atoms with Gasteiger partial charge in [-0.15, -0.1) is 0 Å². The molecule has 0 heterocycles. The molecule has 0 aliphatic heterocycles. The summed E-state index contributed by atoms with van der Waals surface area (Å²) < 4.78 is 39.6. The predicted molar refractivity (Wildman–Crippen MR) is 133 cm³/mol. The zero-order valence-corrected chi connectivity index (χ0v) is 21.4. The Balaban J connectivity index is 2.43. The van der Waals surface area contributed by atoms with Gasteiger partial charge in [0.25, 0.3) is 0 Å². The first-order chi connectivity index (χ1) is 16.0. The lowest BCUT2D eigenvalue weighted by atomic mass is 10.1. The molecule has 0 aromatic heterocycles. The van der Waals surface area contributed by atoms with Gasteiger partial charge >= 0.3 is 0 Å². The second kappa shape index (κ2) is 12.2. The number of carbonyl (C=O) groups excluding carboxylic acids is 2. The fraction of sp³-hybridized carbons (Fsp3) is 0.417. The van der Waals surface area contributed by atoms with Crippen molar-refractivity contribution in [2.75, 3.05) is 17.1 Å². The molecular weight excluding hydrogens is 481 g/mol. The Kier molecular flexibility index (Phi) is 9.88. The number of benzene rings is 2. The summed E-state index contributed by atoms with van der Waals surface area (Å²) in [5.74, 6) is -1.58. The number of sulfonamides is 1. The zero-order valence-electron chi connectivity index (χ0n) is 19.8. The van der Waals surface area contributed by atoms with Gasteiger partial charge in [0.05, 0.1) is 17.0 Å². The summed E-state index contributed by atoms with van der Waals surface area (Å²) in [5.41, 5.74) is 0.848. The SMILES string of the molecule is CC[C@H](C(=O)N[C@@H](C)CC)N(Cc1ccccc1)C(=O)CN(c1ccc(F)c(Cl)c1)S(C)(=O)=O. The zero-order chi connectivity index (χ0) is 25.5. The summed E-state index contributed by atoms with van der Waals surface area (Å²) in [7, 11) is -3.92. The van der Waals surface area contributed by atoms with Crippen molar-refractivity contribution >= 4 is 39.1 Å². The summed E-state index contributed by atoms with van der Waals surface area (Å²) in [4.78, 5) is 27.9. The molecule has 186 valence electrons. The van der Waals surface area contributed by atoms with Crippen LogP contribution in [0.25, 0.3) is 0 Å². The molecule has 0 spiro atoms. The van der Waals surface area contributed by atoms with Crippen LogP contribution in [0.2, 0.25) is 5.02 Å². The van der Waals surface area contributed by atoms with E-state index in [4.69, 9.17) is 11.6 Å². The third kappa shape index (κ3) is 7.43. The van der Waals surface area contributed by atoms with Crippen LogP contribution >= 0.6 is 11.6 Å². The van der Waals surface area contributed by atoms with E-state index in [9.17, 15) is 22.4 Å². The number of nitrogens with zero attached hydrogens (tertiary/aromatic N) is 2. The topological polar surface area (TPSA) is 86.8 Å². The molecule has 0 saturated heterocycles. The van der Waals surface area contributed by atoms with Gasteiger partial charge < -0.3 is 10.2 Å². The van der Waals surface area contributed by atoms with Crippen LogP contribution in [0.3, 0.4) is 0 Å². The summed E-state index contributed by atoms with van der Waals surface area (Å²) in [6.07, 6.45) is 2.01. The molecular formula is C24H31ClFN3O4S. The standard InChI is InChI=1S/C24H31ClFN3O4S/c1-5-17(3)27-24(31)22(6-2)28(15-18-10-8-7-9-11-18)23(30)16-29(34(4,32)33)19-12-13-21(26)20(25)14-19/h7-14,17,22H,5-6,15-16H2,1-4H3,(H,27,31)/t17-,22+/m0/s1. The maximum Gasteiger partial charge on any atom is 0.244 e. The van der Waals surface area contributed by atoms with Gasteiger partial charge in [-0.2, -0.15) is 0 Å². The number of anilines is 1. The smallest absolute Gasteiger partial charge is 0.244 e. The number of amides is 2. The first-order valence-electron chi connectivity index (χ1n) is 11.0. The van der Waals surface area contributed by atoms with Crippen LogP contribution in [0, 0.1) is 5.82 Å². The lowest BCUT2D eigenvalue weighted by Gasteiger charge is -2.33. The number of halogens is 2. The fourth-order valence-corrected chi connectivity index (χ4v) is 4.41. The van der Waals surface area contributed by atoms with Crippen molar-refractivity contribution in [2.45, 2.75) is 52.2 Å². The number of hydrogen-bond acceptors (Lipinski definition) is 4. The van der Waals surface area contributed by atoms with Gasteiger partial charge in [-0.3, -0.25) is 13.9 Å². The molecule has 34 heavy (non-hydrogen) atoms. The van der Waals surface area contributed by atoms with Crippen molar-refractivity contribution in [1.82, 2.24) is 10.2 Å². The van der Waals surface area contributed by atoms with Crippen molar-refractivity contribution in [1.29, 1.82) is 0 Å². The lowest BCUT2D eigenvalue weighted by molar-refractivity contribution is -0.140. The van der Waals surface area contributed by atoms with E-state index < -0.39 is 34.3 Å². The number of nitrogens with one attached hydrogen (secondary N) is 1. The highest BCUT2D eigenvalue weighted by atomic mass is 35.5. The van der Waals surface area contributed by atoms with E-state index in [1.807, 2.05) is 44.2 Å². The van der Waals surface area contributed by atoms with E-state index in [0.717, 1.165) is 34.7 Å². The molecule has 7 nitrogen and oxygen atoms in total. The van der Waals surface area contributed by atoms with Crippen LogP contribution < -0.4 is 9.62 Å². The largest absolute Gasteiger partial charge is 0.352 e. The van der Waals surface area contributed by atoms with E-state index in [1.165, 1.54) is 11.0 Å². The second-order valence-electron chi connectivity index (χ2n) is 8.12. The Hall–Kier alpha value is -2.65. The van der Waals surface area contributed by atoms with Crippen LogP contribution in [-0.2, 0) is 26.2 Å². The average molecular weight is 512 g/mol. The maximum absolute atomic E-state index is 13.6.